The maximum atomic E-state index is 12.6. The van der Waals surface area contributed by atoms with Crippen molar-refractivity contribution in [2.24, 2.45) is 5.92 Å². The Morgan fingerprint density at radius 2 is 1.56 bits per heavy atom. The summed E-state index contributed by atoms with van der Waals surface area (Å²) in [6, 6.07) is 0. The standard InChI is InChI=1S/C20H31NO11/c1-6-28-15(25)7-8-21-20(27)10(2)17-16(26)19(31-13(5)24)18(30-12(4)23)14(32-17)9-29-11(3)22/h10,14,16-19,26H,6-9H2,1-5H3,(H,21,27)/t10?,14-,16+,17?,18-,19-/m1/s1. The second kappa shape index (κ2) is 13.0. The molecule has 0 bridgehead atoms. The van der Waals surface area contributed by atoms with E-state index in [0.29, 0.717) is 0 Å². The van der Waals surface area contributed by atoms with Crippen LogP contribution in [0.25, 0.3) is 0 Å². The smallest absolute Gasteiger partial charge is 0.307 e. The molecular weight excluding hydrogens is 430 g/mol. The van der Waals surface area contributed by atoms with Gasteiger partial charge in [0.05, 0.1) is 25.0 Å². The molecule has 6 atom stereocenters. The van der Waals surface area contributed by atoms with Gasteiger partial charge in [0.1, 0.15) is 18.8 Å². The number of aliphatic hydroxyl groups is 1. The zero-order valence-electron chi connectivity index (χ0n) is 18.8. The monoisotopic (exact) mass is 461 g/mol. The van der Waals surface area contributed by atoms with E-state index in [9.17, 15) is 29.1 Å². The Hall–Kier alpha value is -2.73. The zero-order chi connectivity index (χ0) is 24.4. The molecule has 12 heteroatoms. The Morgan fingerprint density at radius 3 is 2.09 bits per heavy atom. The van der Waals surface area contributed by atoms with E-state index in [0.717, 1.165) is 13.8 Å². The maximum absolute atomic E-state index is 12.6. The van der Waals surface area contributed by atoms with E-state index in [-0.39, 0.29) is 26.2 Å². The average Bonchev–Trinajstić information content (AvgIpc) is 2.69. The summed E-state index contributed by atoms with van der Waals surface area (Å²) in [4.78, 5) is 58.4. The minimum Gasteiger partial charge on any atom is -0.466 e. The number of ether oxygens (including phenoxy) is 5. The van der Waals surface area contributed by atoms with Crippen LogP contribution in [0.3, 0.4) is 0 Å². The van der Waals surface area contributed by atoms with Crippen LogP contribution in [0.1, 0.15) is 41.0 Å². The highest BCUT2D eigenvalue weighted by atomic mass is 16.6. The van der Waals surface area contributed by atoms with Gasteiger partial charge in [0.25, 0.3) is 0 Å². The molecule has 0 spiro atoms. The molecule has 2 unspecified atom stereocenters. The molecule has 2 N–H and O–H groups in total. The van der Waals surface area contributed by atoms with Crippen molar-refractivity contribution in [2.45, 2.75) is 71.6 Å². The molecular formula is C20H31NO11. The Morgan fingerprint density at radius 1 is 0.969 bits per heavy atom. The van der Waals surface area contributed by atoms with Crippen molar-refractivity contribution >= 4 is 29.8 Å². The van der Waals surface area contributed by atoms with Gasteiger partial charge in [0.2, 0.25) is 5.91 Å². The summed E-state index contributed by atoms with van der Waals surface area (Å²) < 4.78 is 25.9. The average molecular weight is 461 g/mol. The van der Waals surface area contributed by atoms with Crippen LogP contribution in [0.4, 0.5) is 0 Å². The highest BCUT2D eigenvalue weighted by molar-refractivity contribution is 5.79. The number of carbonyl (C=O) groups is 5. The number of esters is 4. The molecule has 1 amide bonds. The van der Waals surface area contributed by atoms with E-state index < -0.39 is 66.2 Å². The van der Waals surface area contributed by atoms with E-state index in [1.165, 1.54) is 13.8 Å². The van der Waals surface area contributed by atoms with E-state index in [2.05, 4.69) is 5.32 Å². The topological polar surface area (TPSA) is 164 Å². The lowest BCUT2D eigenvalue weighted by atomic mass is 9.87. The molecule has 12 nitrogen and oxygen atoms in total. The minimum atomic E-state index is -1.54. The molecule has 1 heterocycles. The minimum absolute atomic E-state index is 0.00510. The van der Waals surface area contributed by atoms with Gasteiger partial charge in [-0.05, 0) is 6.92 Å². The number of hydrogen-bond acceptors (Lipinski definition) is 11. The lowest BCUT2D eigenvalue weighted by Crippen LogP contribution is -2.63. The largest absolute Gasteiger partial charge is 0.466 e. The summed E-state index contributed by atoms with van der Waals surface area (Å²) >= 11 is 0. The zero-order valence-corrected chi connectivity index (χ0v) is 18.8. The van der Waals surface area contributed by atoms with Gasteiger partial charge in [-0.15, -0.1) is 0 Å². The molecule has 1 saturated heterocycles. The number of aliphatic hydroxyl groups excluding tert-OH is 1. The number of amides is 1. The molecule has 0 aliphatic carbocycles. The van der Waals surface area contributed by atoms with Crippen LogP contribution in [0, 0.1) is 5.92 Å². The van der Waals surface area contributed by atoms with Gasteiger partial charge in [0, 0.05) is 27.3 Å². The van der Waals surface area contributed by atoms with E-state index in [1.807, 2.05) is 0 Å². The molecule has 0 aromatic heterocycles. The van der Waals surface area contributed by atoms with Gasteiger partial charge in [-0.2, -0.15) is 0 Å². The van der Waals surface area contributed by atoms with Crippen LogP contribution in [-0.2, 0) is 47.7 Å². The second-order valence-electron chi connectivity index (χ2n) is 7.22. The van der Waals surface area contributed by atoms with Gasteiger partial charge in [-0.3, -0.25) is 24.0 Å². The Bertz CT molecular complexity index is 695. The second-order valence-corrected chi connectivity index (χ2v) is 7.22. The first-order chi connectivity index (χ1) is 15.0. The molecule has 1 aliphatic heterocycles. The quantitative estimate of drug-likeness (QED) is 0.311. The molecule has 32 heavy (non-hydrogen) atoms. The maximum Gasteiger partial charge on any atom is 0.307 e. The van der Waals surface area contributed by atoms with E-state index in [1.54, 1.807) is 6.92 Å². The van der Waals surface area contributed by atoms with Crippen molar-refractivity contribution in [3.63, 3.8) is 0 Å². The molecule has 0 aromatic carbocycles. The van der Waals surface area contributed by atoms with E-state index in [4.69, 9.17) is 23.7 Å². The fraction of sp³-hybridized carbons (Fsp3) is 0.750. The predicted molar refractivity (Wildman–Crippen MR) is 106 cm³/mol. The number of hydrogen-bond donors (Lipinski definition) is 2. The third kappa shape index (κ3) is 8.42. The fourth-order valence-electron chi connectivity index (χ4n) is 3.19. The molecule has 0 aromatic rings. The van der Waals surface area contributed by atoms with Crippen LogP contribution in [0.15, 0.2) is 0 Å². The number of rotatable bonds is 10. The van der Waals surface area contributed by atoms with Crippen LogP contribution in [0.5, 0.6) is 0 Å². The van der Waals surface area contributed by atoms with Crippen molar-refractivity contribution in [1.29, 1.82) is 0 Å². The van der Waals surface area contributed by atoms with Crippen molar-refractivity contribution in [3.05, 3.63) is 0 Å². The summed E-state index contributed by atoms with van der Waals surface area (Å²) in [5, 5.41) is 13.3. The predicted octanol–water partition coefficient (Wildman–Crippen LogP) is -0.753. The first kappa shape index (κ1) is 27.3. The van der Waals surface area contributed by atoms with Crippen molar-refractivity contribution in [3.8, 4) is 0 Å². The normalized spacial score (nSPS) is 25.8. The molecule has 0 saturated carbocycles. The molecule has 1 aliphatic rings. The highest BCUT2D eigenvalue weighted by Gasteiger charge is 2.52. The third-order valence-corrected chi connectivity index (χ3v) is 4.59. The van der Waals surface area contributed by atoms with Crippen molar-refractivity contribution in [1.82, 2.24) is 5.32 Å². The number of nitrogens with one attached hydrogen (secondary N) is 1. The highest BCUT2D eigenvalue weighted by Crippen LogP contribution is 2.30. The Balaban J connectivity index is 3.02. The fourth-order valence-corrected chi connectivity index (χ4v) is 3.19. The van der Waals surface area contributed by atoms with E-state index >= 15 is 0 Å². The lowest BCUT2D eigenvalue weighted by Gasteiger charge is -2.44. The molecule has 1 fully saturated rings. The summed E-state index contributed by atoms with van der Waals surface area (Å²) in [5.74, 6) is -4.12. The number of carbonyl (C=O) groups excluding carboxylic acids is 5. The molecule has 182 valence electrons. The lowest BCUT2D eigenvalue weighted by molar-refractivity contribution is -0.253. The van der Waals surface area contributed by atoms with Gasteiger partial charge in [0.15, 0.2) is 12.2 Å². The Kier molecular flexibility index (Phi) is 11.1. The van der Waals surface area contributed by atoms with Crippen LogP contribution in [0.2, 0.25) is 0 Å². The third-order valence-electron chi connectivity index (χ3n) is 4.59. The van der Waals surface area contributed by atoms with Gasteiger partial charge < -0.3 is 34.1 Å². The molecule has 0 radical (unpaired) electrons. The first-order valence-corrected chi connectivity index (χ1v) is 10.2. The van der Waals surface area contributed by atoms with Crippen LogP contribution < -0.4 is 5.32 Å². The SMILES string of the molecule is CCOC(=O)CCNC(=O)C(C)C1O[C@H](COC(C)=O)[C@@H](OC(C)=O)[C@H](OC(C)=O)[C@H]1O. The Labute approximate surface area is 185 Å². The van der Waals surface area contributed by atoms with Crippen LogP contribution in [-0.4, -0.2) is 85.2 Å². The summed E-state index contributed by atoms with van der Waals surface area (Å²) in [6.07, 6.45) is -6.54. The molecule has 1 rings (SSSR count). The van der Waals surface area contributed by atoms with Crippen LogP contribution >= 0.6 is 0 Å². The summed E-state index contributed by atoms with van der Waals surface area (Å²) in [7, 11) is 0. The van der Waals surface area contributed by atoms with Gasteiger partial charge >= 0.3 is 23.9 Å². The summed E-state index contributed by atoms with van der Waals surface area (Å²) in [6.45, 7) is 6.37. The van der Waals surface area contributed by atoms with Crippen molar-refractivity contribution in [2.75, 3.05) is 19.8 Å². The van der Waals surface area contributed by atoms with Gasteiger partial charge in [-0.25, -0.2) is 0 Å². The first-order valence-electron chi connectivity index (χ1n) is 10.2. The summed E-state index contributed by atoms with van der Waals surface area (Å²) in [5.41, 5.74) is 0. The van der Waals surface area contributed by atoms with Gasteiger partial charge in [-0.1, -0.05) is 6.92 Å². The van der Waals surface area contributed by atoms with Crippen molar-refractivity contribution < 1.29 is 52.8 Å².